The Balaban J connectivity index is 1.24. The van der Waals surface area contributed by atoms with Crippen LogP contribution >= 0.6 is 0 Å². The molecule has 1 aliphatic carbocycles. The summed E-state index contributed by atoms with van der Waals surface area (Å²) in [5.41, 5.74) is 4.86. The van der Waals surface area contributed by atoms with Crippen LogP contribution in [-0.4, -0.2) is 49.3 Å². The van der Waals surface area contributed by atoms with E-state index in [9.17, 15) is 9.18 Å². The van der Waals surface area contributed by atoms with E-state index in [0.29, 0.717) is 6.54 Å². The number of nitrogens with zero attached hydrogens (tertiary/aromatic N) is 1. The number of halogens is 1. The Morgan fingerprint density at radius 2 is 1.91 bits per heavy atom. The fourth-order valence-corrected chi connectivity index (χ4v) is 5.74. The highest BCUT2D eigenvalue weighted by atomic mass is 19.1. The molecule has 3 atom stereocenters. The Morgan fingerprint density at radius 3 is 2.73 bits per heavy atom. The van der Waals surface area contributed by atoms with Gasteiger partial charge in [-0.2, -0.15) is 0 Å². The van der Waals surface area contributed by atoms with E-state index >= 15 is 0 Å². The van der Waals surface area contributed by atoms with Crippen LogP contribution in [0.2, 0.25) is 0 Å². The van der Waals surface area contributed by atoms with Crippen LogP contribution in [0.4, 0.5) is 9.18 Å². The molecule has 2 aromatic carbocycles. The second-order valence-corrected chi connectivity index (χ2v) is 9.71. The van der Waals surface area contributed by atoms with Gasteiger partial charge >= 0.3 is 6.03 Å². The maximum Gasteiger partial charge on any atom is 0.315 e. The Kier molecular flexibility index (Phi) is 6.65. The summed E-state index contributed by atoms with van der Waals surface area (Å²) in [6.07, 6.45) is 4.67. The number of likely N-dealkylation sites (tertiary alicyclic amines) is 1. The molecular formula is C27H34FN3O2. The lowest BCUT2D eigenvalue weighted by molar-refractivity contribution is 0.0143. The van der Waals surface area contributed by atoms with Gasteiger partial charge in [0.25, 0.3) is 0 Å². The first-order valence-corrected chi connectivity index (χ1v) is 12.4. The first kappa shape index (κ1) is 22.4. The Hall–Kier alpha value is -2.44. The predicted octanol–water partition coefficient (Wildman–Crippen LogP) is 4.52. The smallest absolute Gasteiger partial charge is 0.315 e. The molecule has 5 rings (SSSR count). The Bertz CT molecular complexity index is 989. The van der Waals surface area contributed by atoms with Gasteiger partial charge in [-0.25, -0.2) is 9.18 Å². The highest BCUT2D eigenvalue weighted by Gasteiger charge is 2.41. The van der Waals surface area contributed by atoms with Gasteiger partial charge in [-0.05, 0) is 66.5 Å². The Morgan fingerprint density at radius 1 is 1.12 bits per heavy atom. The van der Waals surface area contributed by atoms with Crippen LogP contribution in [0.25, 0.3) is 0 Å². The zero-order valence-corrected chi connectivity index (χ0v) is 19.4. The summed E-state index contributed by atoms with van der Waals surface area (Å²) in [6.45, 7) is 5.55. The summed E-state index contributed by atoms with van der Waals surface area (Å²) < 4.78 is 20.8. The first-order chi connectivity index (χ1) is 16.1. The van der Waals surface area contributed by atoms with E-state index in [1.807, 2.05) is 6.07 Å². The van der Waals surface area contributed by atoms with Crippen molar-refractivity contribution in [3.8, 4) is 0 Å². The van der Waals surface area contributed by atoms with Crippen molar-refractivity contribution in [2.24, 2.45) is 0 Å². The molecule has 6 heteroatoms. The molecule has 0 aromatic heterocycles. The van der Waals surface area contributed by atoms with Crippen molar-refractivity contribution in [1.82, 2.24) is 15.5 Å². The van der Waals surface area contributed by atoms with Crippen LogP contribution in [0.3, 0.4) is 0 Å². The fourth-order valence-electron chi connectivity index (χ4n) is 5.74. The van der Waals surface area contributed by atoms with Crippen LogP contribution in [0.5, 0.6) is 0 Å². The monoisotopic (exact) mass is 451 g/mol. The van der Waals surface area contributed by atoms with E-state index in [-0.39, 0.29) is 36.0 Å². The van der Waals surface area contributed by atoms with Crippen molar-refractivity contribution in [1.29, 1.82) is 0 Å². The van der Waals surface area contributed by atoms with Crippen molar-refractivity contribution in [3.63, 3.8) is 0 Å². The molecule has 0 saturated carbocycles. The van der Waals surface area contributed by atoms with Crippen LogP contribution in [0, 0.1) is 5.82 Å². The molecule has 2 heterocycles. The number of amides is 2. The van der Waals surface area contributed by atoms with Gasteiger partial charge in [-0.3, -0.25) is 0 Å². The van der Waals surface area contributed by atoms with Crippen molar-refractivity contribution in [3.05, 3.63) is 70.5 Å². The molecule has 0 spiro atoms. The number of fused-ring (bicyclic) bond motifs is 5. The summed E-state index contributed by atoms with van der Waals surface area (Å²) in [7, 11) is 0. The quantitative estimate of drug-likeness (QED) is 0.703. The Labute approximate surface area is 195 Å². The zero-order valence-electron chi connectivity index (χ0n) is 19.4. The third kappa shape index (κ3) is 4.92. The van der Waals surface area contributed by atoms with E-state index in [1.54, 1.807) is 12.1 Å². The lowest BCUT2D eigenvalue weighted by Crippen LogP contribution is -2.49. The van der Waals surface area contributed by atoms with E-state index in [1.165, 1.54) is 16.7 Å². The van der Waals surface area contributed by atoms with Gasteiger partial charge in [-0.15, -0.1) is 0 Å². The molecule has 0 unspecified atom stereocenters. The molecule has 2 amide bonds. The number of nitrogens with one attached hydrogen (secondary N) is 2. The number of hydrogen-bond acceptors (Lipinski definition) is 3. The molecule has 2 fully saturated rings. The third-order valence-corrected chi connectivity index (χ3v) is 7.39. The van der Waals surface area contributed by atoms with Crippen molar-refractivity contribution in [2.45, 2.75) is 63.2 Å². The van der Waals surface area contributed by atoms with E-state index in [2.05, 4.69) is 46.7 Å². The number of benzene rings is 2. The number of hydrogen-bond donors (Lipinski definition) is 2. The van der Waals surface area contributed by atoms with Gasteiger partial charge in [-0.1, -0.05) is 37.3 Å². The molecule has 0 bridgehead atoms. The standard InChI is InChI=1S/C27H34FN3O2/c1-2-11-29-27(32)30-21-9-12-31(13-10-21)17-22-16-25-23-6-4-3-5-18(23)14-19-7-8-20(28)15-24(19)26(25)33-22/h3-8,15,21-22,25-26H,2,9-14,16-17H2,1H3,(H2,29,30,32)/t22-,25-,26+/m1/s1. The molecule has 0 radical (unpaired) electrons. The second-order valence-electron chi connectivity index (χ2n) is 9.71. The van der Waals surface area contributed by atoms with E-state index < -0.39 is 0 Å². The molecule has 3 aliphatic rings. The van der Waals surface area contributed by atoms with E-state index in [0.717, 1.165) is 57.3 Å². The van der Waals surface area contributed by atoms with Gasteiger partial charge < -0.3 is 20.3 Å². The highest BCUT2D eigenvalue weighted by molar-refractivity contribution is 5.74. The summed E-state index contributed by atoms with van der Waals surface area (Å²) in [4.78, 5) is 14.4. The van der Waals surface area contributed by atoms with Crippen molar-refractivity contribution in [2.75, 3.05) is 26.2 Å². The molecule has 176 valence electrons. The summed E-state index contributed by atoms with van der Waals surface area (Å²) in [6, 6.07) is 14.0. The fraction of sp³-hybridized carbons (Fsp3) is 0.519. The number of carbonyl (C=O) groups excluding carboxylic acids is 1. The van der Waals surface area contributed by atoms with Gasteiger partial charge in [0.1, 0.15) is 5.82 Å². The van der Waals surface area contributed by atoms with Gasteiger partial charge in [0.05, 0.1) is 12.2 Å². The third-order valence-electron chi connectivity index (χ3n) is 7.39. The van der Waals surface area contributed by atoms with Crippen LogP contribution in [0.1, 0.15) is 66.9 Å². The van der Waals surface area contributed by atoms with Gasteiger partial charge in [0.2, 0.25) is 0 Å². The average Bonchev–Trinajstić information content (AvgIpc) is 3.18. The maximum atomic E-state index is 14.2. The largest absolute Gasteiger partial charge is 0.368 e. The SMILES string of the molecule is CCCNC(=O)NC1CCN(C[C@H]2C[C@@H]3c4ccccc4Cc4ccc(F)cc4[C@@H]3O2)CC1. The molecule has 5 nitrogen and oxygen atoms in total. The van der Waals surface area contributed by atoms with Crippen LogP contribution in [0.15, 0.2) is 42.5 Å². The minimum absolute atomic E-state index is 0.0564. The lowest BCUT2D eigenvalue weighted by atomic mass is 9.87. The molecule has 2 N–H and O–H groups in total. The number of ether oxygens (including phenoxy) is 1. The van der Waals surface area contributed by atoms with Crippen molar-refractivity contribution >= 4 is 6.03 Å². The van der Waals surface area contributed by atoms with E-state index in [4.69, 9.17) is 4.74 Å². The van der Waals surface area contributed by atoms with Gasteiger partial charge in [0, 0.05) is 38.1 Å². The van der Waals surface area contributed by atoms with Crippen molar-refractivity contribution < 1.29 is 13.9 Å². The summed E-state index contributed by atoms with van der Waals surface area (Å²) in [5.74, 6) is 0.0683. The number of rotatable bonds is 5. The minimum Gasteiger partial charge on any atom is -0.368 e. The number of urea groups is 1. The summed E-state index contributed by atoms with van der Waals surface area (Å²) >= 11 is 0. The lowest BCUT2D eigenvalue weighted by Gasteiger charge is -2.33. The van der Waals surface area contributed by atoms with Gasteiger partial charge in [0.15, 0.2) is 0 Å². The molecular weight excluding hydrogens is 417 g/mol. The zero-order chi connectivity index (χ0) is 22.8. The minimum atomic E-state index is -0.192. The molecule has 33 heavy (non-hydrogen) atoms. The average molecular weight is 452 g/mol. The second kappa shape index (κ2) is 9.82. The molecule has 2 aromatic rings. The molecule has 2 saturated heterocycles. The number of carbonyl (C=O) groups is 1. The predicted molar refractivity (Wildman–Crippen MR) is 127 cm³/mol. The first-order valence-electron chi connectivity index (χ1n) is 12.4. The number of piperidine rings is 1. The topological polar surface area (TPSA) is 53.6 Å². The normalized spacial score (nSPS) is 25.0. The molecule has 2 aliphatic heterocycles. The maximum absolute atomic E-state index is 14.2. The summed E-state index contributed by atoms with van der Waals surface area (Å²) in [5, 5.41) is 5.99. The highest BCUT2D eigenvalue weighted by Crippen LogP contribution is 2.49. The van der Waals surface area contributed by atoms with Crippen LogP contribution < -0.4 is 10.6 Å². The van der Waals surface area contributed by atoms with Crippen LogP contribution in [-0.2, 0) is 11.2 Å².